The number of hydrogen-bond donors (Lipinski definition) is 1. The summed E-state index contributed by atoms with van der Waals surface area (Å²) in [7, 11) is 0. The van der Waals surface area contributed by atoms with Crippen LogP contribution in [-0.2, 0) is 9.47 Å². The van der Waals surface area contributed by atoms with E-state index in [-0.39, 0.29) is 0 Å². The second kappa shape index (κ2) is 11.2. The number of ether oxygens (including phenoxy) is 2. The average molecular weight is 381 g/mol. The zero-order valence-electron chi connectivity index (χ0n) is 17.5. The summed E-state index contributed by atoms with van der Waals surface area (Å²) in [5.41, 5.74) is 0. The molecule has 0 saturated carbocycles. The second-order valence-electron chi connectivity index (χ2n) is 8.13. The molecule has 6 heteroatoms. The highest BCUT2D eigenvalue weighted by Gasteiger charge is 2.25. The fourth-order valence-corrected chi connectivity index (χ4v) is 4.55. The van der Waals surface area contributed by atoms with Crippen molar-refractivity contribution in [2.24, 2.45) is 4.99 Å². The molecule has 0 aromatic rings. The zero-order chi connectivity index (χ0) is 18.9. The first-order chi connectivity index (χ1) is 13.3. The van der Waals surface area contributed by atoms with Gasteiger partial charge in [0.05, 0.1) is 25.4 Å². The number of hydrogen-bond acceptors (Lipinski definition) is 4. The average Bonchev–Trinajstić information content (AvgIpc) is 3.24. The summed E-state index contributed by atoms with van der Waals surface area (Å²) < 4.78 is 11.8. The summed E-state index contributed by atoms with van der Waals surface area (Å²) in [6.45, 7) is 12.4. The first-order valence-electron chi connectivity index (χ1n) is 11.3. The highest BCUT2D eigenvalue weighted by molar-refractivity contribution is 5.80. The van der Waals surface area contributed by atoms with Crippen molar-refractivity contribution in [3.05, 3.63) is 0 Å². The topological polar surface area (TPSA) is 49.3 Å². The van der Waals surface area contributed by atoms with Crippen LogP contribution in [0.5, 0.6) is 0 Å². The molecule has 156 valence electrons. The van der Waals surface area contributed by atoms with Gasteiger partial charge in [-0.3, -0.25) is 9.89 Å². The molecule has 3 rings (SSSR count). The van der Waals surface area contributed by atoms with Gasteiger partial charge in [0.25, 0.3) is 0 Å². The molecule has 0 aromatic carbocycles. The summed E-state index contributed by atoms with van der Waals surface area (Å²) in [6, 6.07) is 0.615. The number of nitrogens with one attached hydrogen (secondary N) is 1. The third-order valence-corrected chi connectivity index (χ3v) is 6.23. The molecule has 6 nitrogen and oxygen atoms in total. The predicted octanol–water partition coefficient (Wildman–Crippen LogP) is 2.49. The Hall–Kier alpha value is -0.850. The maximum absolute atomic E-state index is 6.12. The van der Waals surface area contributed by atoms with Crippen molar-refractivity contribution in [3.63, 3.8) is 0 Å². The first kappa shape index (κ1) is 20.9. The zero-order valence-corrected chi connectivity index (χ0v) is 17.5. The van der Waals surface area contributed by atoms with Gasteiger partial charge in [-0.05, 0) is 58.5 Å². The molecule has 0 aromatic heterocycles. The molecule has 3 saturated heterocycles. The van der Waals surface area contributed by atoms with Crippen LogP contribution in [-0.4, -0.2) is 86.5 Å². The monoisotopic (exact) mass is 380 g/mol. The molecule has 0 amide bonds. The van der Waals surface area contributed by atoms with Crippen molar-refractivity contribution in [1.82, 2.24) is 15.1 Å². The maximum atomic E-state index is 6.12. The van der Waals surface area contributed by atoms with Crippen LogP contribution in [0.15, 0.2) is 4.99 Å². The molecule has 2 unspecified atom stereocenters. The minimum atomic E-state index is 0.332. The van der Waals surface area contributed by atoms with E-state index in [4.69, 9.17) is 14.5 Å². The van der Waals surface area contributed by atoms with Crippen LogP contribution in [0.25, 0.3) is 0 Å². The number of nitrogens with zero attached hydrogens (tertiary/aromatic N) is 3. The molecule has 3 heterocycles. The lowest BCUT2D eigenvalue weighted by Gasteiger charge is -2.36. The molecule has 0 bridgehead atoms. The summed E-state index contributed by atoms with van der Waals surface area (Å²) in [6.07, 6.45) is 9.20. The van der Waals surface area contributed by atoms with Gasteiger partial charge in [-0.1, -0.05) is 13.3 Å². The van der Waals surface area contributed by atoms with Gasteiger partial charge in [0.15, 0.2) is 5.96 Å². The Morgan fingerprint density at radius 3 is 2.63 bits per heavy atom. The third kappa shape index (κ3) is 6.33. The third-order valence-electron chi connectivity index (χ3n) is 6.23. The van der Waals surface area contributed by atoms with E-state index in [1.165, 1.54) is 32.2 Å². The predicted molar refractivity (Wildman–Crippen MR) is 110 cm³/mol. The highest BCUT2D eigenvalue weighted by atomic mass is 16.5. The van der Waals surface area contributed by atoms with Gasteiger partial charge >= 0.3 is 0 Å². The lowest BCUT2D eigenvalue weighted by Crippen LogP contribution is -2.48. The standard InChI is InChI=1S/C21H40N4O2/c1-3-22-21(23-16-18-8-5-6-12-24(18)4-2)25-13-10-19(11-14-25)27-17-20-9-7-15-26-20/h18-20H,3-17H2,1-2H3,(H,22,23). The van der Waals surface area contributed by atoms with Crippen molar-refractivity contribution in [2.45, 2.75) is 77.0 Å². The molecule has 0 spiro atoms. The van der Waals surface area contributed by atoms with E-state index in [1.54, 1.807) is 0 Å². The Morgan fingerprint density at radius 2 is 1.93 bits per heavy atom. The van der Waals surface area contributed by atoms with E-state index in [1.807, 2.05) is 0 Å². The smallest absolute Gasteiger partial charge is 0.193 e. The molecular formula is C21H40N4O2. The van der Waals surface area contributed by atoms with Gasteiger partial charge in [0.1, 0.15) is 0 Å². The molecule has 0 aliphatic carbocycles. The summed E-state index contributed by atoms with van der Waals surface area (Å²) in [5.74, 6) is 1.09. The van der Waals surface area contributed by atoms with Crippen LogP contribution >= 0.6 is 0 Å². The van der Waals surface area contributed by atoms with Crippen LogP contribution in [0.2, 0.25) is 0 Å². The van der Waals surface area contributed by atoms with Gasteiger partial charge in [-0.25, -0.2) is 0 Å². The number of likely N-dealkylation sites (tertiary alicyclic amines) is 2. The number of aliphatic imine (C=N–C) groups is 1. The van der Waals surface area contributed by atoms with Crippen LogP contribution in [0, 0.1) is 0 Å². The Kier molecular flexibility index (Phi) is 8.68. The number of likely N-dealkylation sites (N-methyl/N-ethyl adjacent to an activating group) is 1. The van der Waals surface area contributed by atoms with E-state index in [0.29, 0.717) is 18.2 Å². The molecule has 0 radical (unpaired) electrons. The molecule has 27 heavy (non-hydrogen) atoms. The summed E-state index contributed by atoms with van der Waals surface area (Å²) >= 11 is 0. The normalized spacial score (nSPS) is 28.7. The van der Waals surface area contributed by atoms with Gasteiger partial charge in [0.2, 0.25) is 0 Å². The van der Waals surface area contributed by atoms with Gasteiger partial charge in [-0.2, -0.15) is 0 Å². The van der Waals surface area contributed by atoms with Gasteiger partial charge in [0, 0.05) is 32.3 Å². The fourth-order valence-electron chi connectivity index (χ4n) is 4.55. The van der Waals surface area contributed by atoms with Crippen LogP contribution in [0.1, 0.15) is 58.8 Å². The van der Waals surface area contributed by atoms with E-state index in [0.717, 1.165) is 71.2 Å². The van der Waals surface area contributed by atoms with Crippen molar-refractivity contribution >= 4 is 5.96 Å². The van der Waals surface area contributed by atoms with Crippen molar-refractivity contribution in [3.8, 4) is 0 Å². The molecular weight excluding hydrogens is 340 g/mol. The molecule has 2 atom stereocenters. The van der Waals surface area contributed by atoms with Crippen LogP contribution < -0.4 is 5.32 Å². The van der Waals surface area contributed by atoms with Crippen LogP contribution in [0.4, 0.5) is 0 Å². The second-order valence-corrected chi connectivity index (χ2v) is 8.13. The molecule has 3 fully saturated rings. The highest BCUT2D eigenvalue weighted by Crippen LogP contribution is 2.19. The Labute approximate surface area is 165 Å². The first-order valence-corrected chi connectivity index (χ1v) is 11.3. The fraction of sp³-hybridized carbons (Fsp3) is 0.952. The van der Waals surface area contributed by atoms with E-state index in [9.17, 15) is 0 Å². The summed E-state index contributed by atoms with van der Waals surface area (Å²) in [5, 5.41) is 3.51. The minimum absolute atomic E-state index is 0.332. The molecule has 3 aliphatic rings. The maximum Gasteiger partial charge on any atom is 0.193 e. The minimum Gasteiger partial charge on any atom is -0.376 e. The van der Waals surface area contributed by atoms with Gasteiger partial charge in [-0.15, -0.1) is 0 Å². The largest absolute Gasteiger partial charge is 0.376 e. The van der Waals surface area contributed by atoms with Gasteiger partial charge < -0.3 is 19.7 Å². The lowest BCUT2D eigenvalue weighted by atomic mass is 10.0. The van der Waals surface area contributed by atoms with Crippen molar-refractivity contribution in [2.75, 3.05) is 52.5 Å². The number of piperidine rings is 2. The van der Waals surface area contributed by atoms with E-state index in [2.05, 4.69) is 29.0 Å². The molecule has 3 aliphatic heterocycles. The lowest BCUT2D eigenvalue weighted by molar-refractivity contribution is -0.0367. The summed E-state index contributed by atoms with van der Waals surface area (Å²) in [4.78, 5) is 10.0. The molecule has 1 N–H and O–H groups in total. The van der Waals surface area contributed by atoms with E-state index >= 15 is 0 Å². The quantitative estimate of drug-likeness (QED) is 0.543. The SMILES string of the molecule is CCNC(=NCC1CCCCN1CC)N1CCC(OCC2CCCO2)CC1. The Bertz CT molecular complexity index is 445. The Morgan fingerprint density at radius 1 is 1.07 bits per heavy atom. The van der Waals surface area contributed by atoms with Crippen molar-refractivity contribution < 1.29 is 9.47 Å². The van der Waals surface area contributed by atoms with E-state index < -0.39 is 0 Å². The Balaban J connectivity index is 1.45. The number of rotatable bonds is 7. The number of guanidine groups is 1. The van der Waals surface area contributed by atoms with Crippen LogP contribution in [0.3, 0.4) is 0 Å². The van der Waals surface area contributed by atoms with Crippen molar-refractivity contribution in [1.29, 1.82) is 0 Å².